The second-order valence-corrected chi connectivity index (χ2v) is 8.84. The molecule has 0 saturated heterocycles. The van der Waals surface area contributed by atoms with Crippen LogP contribution in [0.15, 0.2) is 82.6 Å². The number of amides is 1. The van der Waals surface area contributed by atoms with Gasteiger partial charge in [0.05, 0.1) is 11.1 Å². The second-order valence-electron chi connectivity index (χ2n) is 7.76. The average Bonchev–Trinajstić information content (AvgIpc) is 2.84. The molecule has 0 aromatic heterocycles. The first-order chi connectivity index (χ1) is 16.4. The van der Waals surface area contributed by atoms with Crippen molar-refractivity contribution < 1.29 is 14.3 Å². The molecule has 0 saturated carbocycles. The van der Waals surface area contributed by atoms with Gasteiger partial charge in [-0.25, -0.2) is 4.79 Å². The number of nitrogens with one attached hydrogen (secondary N) is 1. The Morgan fingerprint density at radius 1 is 1.00 bits per heavy atom. The minimum absolute atomic E-state index is 0.339. The van der Waals surface area contributed by atoms with Crippen molar-refractivity contribution in [1.29, 1.82) is 5.26 Å². The number of benzene rings is 3. The summed E-state index contributed by atoms with van der Waals surface area (Å²) in [5.41, 5.74) is 2.57. The number of rotatable bonds is 9. The molecule has 1 N–H and O–H groups in total. The van der Waals surface area contributed by atoms with Gasteiger partial charge in [-0.05, 0) is 69.3 Å². The molecule has 174 valence electrons. The molecule has 0 aliphatic heterocycles. The molecule has 0 bridgehead atoms. The predicted molar refractivity (Wildman–Crippen MR) is 135 cm³/mol. The highest BCUT2D eigenvalue weighted by molar-refractivity contribution is 7.99. The van der Waals surface area contributed by atoms with Crippen LogP contribution >= 0.6 is 11.8 Å². The molecule has 0 heterocycles. The van der Waals surface area contributed by atoms with Gasteiger partial charge in [-0.15, -0.1) is 0 Å². The summed E-state index contributed by atoms with van der Waals surface area (Å²) in [4.78, 5) is 28.7. The van der Waals surface area contributed by atoms with Gasteiger partial charge in [-0.1, -0.05) is 36.0 Å². The molecule has 6 nitrogen and oxygen atoms in total. The Kier molecular flexibility index (Phi) is 8.72. The van der Waals surface area contributed by atoms with Gasteiger partial charge in [0.2, 0.25) is 0 Å². The third kappa shape index (κ3) is 6.40. The number of anilines is 2. The highest BCUT2D eigenvalue weighted by Gasteiger charge is 2.16. The Hall–Kier alpha value is -3.76. The highest BCUT2D eigenvalue weighted by Crippen LogP contribution is 2.32. The molecule has 3 rings (SSSR count). The van der Waals surface area contributed by atoms with Crippen LogP contribution in [0, 0.1) is 11.3 Å². The summed E-state index contributed by atoms with van der Waals surface area (Å²) < 4.78 is 5.27. The summed E-state index contributed by atoms with van der Waals surface area (Å²) >= 11 is 1.31. The van der Waals surface area contributed by atoms with Gasteiger partial charge in [0.15, 0.2) is 6.61 Å². The molecule has 0 fully saturated rings. The lowest BCUT2D eigenvalue weighted by Crippen LogP contribution is -2.30. The molecule has 0 spiro atoms. The van der Waals surface area contributed by atoms with Gasteiger partial charge in [-0.2, -0.15) is 5.26 Å². The van der Waals surface area contributed by atoms with Crippen molar-refractivity contribution in [2.75, 3.05) is 23.4 Å². The molecule has 3 aromatic rings. The number of hydrogen-bond acceptors (Lipinski definition) is 6. The number of nitrogens with zero attached hydrogens (tertiary/aromatic N) is 2. The first-order valence-corrected chi connectivity index (χ1v) is 11.8. The van der Waals surface area contributed by atoms with E-state index in [4.69, 9.17) is 4.74 Å². The molecule has 0 unspecified atom stereocenters. The third-order valence-corrected chi connectivity index (χ3v) is 6.27. The molecule has 7 heteroatoms. The summed E-state index contributed by atoms with van der Waals surface area (Å²) in [6, 6.07) is 24.2. The fourth-order valence-corrected chi connectivity index (χ4v) is 4.49. The summed E-state index contributed by atoms with van der Waals surface area (Å²) in [7, 11) is 0. The van der Waals surface area contributed by atoms with Crippen molar-refractivity contribution in [3.8, 4) is 6.07 Å². The van der Waals surface area contributed by atoms with E-state index in [2.05, 4.69) is 37.1 Å². The number of nitriles is 1. The van der Waals surface area contributed by atoms with E-state index in [1.165, 1.54) is 11.8 Å². The summed E-state index contributed by atoms with van der Waals surface area (Å²) in [5.74, 6) is -1.02. The molecule has 0 radical (unpaired) electrons. The van der Waals surface area contributed by atoms with Crippen LogP contribution in [-0.4, -0.2) is 31.1 Å². The maximum absolute atomic E-state index is 12.7. The van der Waals surface area contributed by atoms with Crippen LogP contribution in [0.1, 0.15) is 36.7 Å². The van der Waals surface area contributed by atoms with Gasteiger partial charge < -0.3 is 15.0 Å². The number of carbonyl (C=O) groups excluding carboxylic acids is 2. The average molecular weight is 474 g/mol. The fourth-order valence-electron chi connectivity index (χ4n) is 3.48. The zero-order valence-corrected chi connectivity index (χ0v) is 20.3. The first-order valence-electron chi connectivity index (χ1n) is 11.0. The van der Waals surface area contributed by atoms with E-state index in [0.29, 0.717) is 27.8 Å². The third-order valence-electron chi connectivity index (χ3n) is 5.12. The van der Waals surface area contributed by atoms with E-state index in [0.717, 1.165) is 17.1 Å². The quantitative estimate of drug-likeness (QED) is 0.399. The largest absolute Gasteiger partial charge is 0.452 e. The number of ether oxygens (including phenoxy) is 1. The standard InChI is InChI=1S/C27H27N3O3S/c1-4-30(19(2)3)22-15-13-21(14-16-22)29-26(31)18-33-27(32)23-10-6-8-12-25(23)34-24-11-7-5-9-20(24)17-28/h5-16,19H,4,18H2,1-3H3,(H,29,31). The molecule has 34 heavy (non-hydrogen) atoms. The van der Waals surface area contributed by atoms with Crippen molar-refractivity contribution in [1.82, 2.24) is 0 Å². The van der Waals surface area contributed by atoms with Crippen molar-refractivity contribution in [3.63, 3.8) is 0 Å². The predicted octanol–water partition coefficient (Wildman–Crippen LogP) is 5.74. The molecule has 1 amide bonds. The molecule has 3 aromatic carbocycles. The van der Waals surface area contributed by atoms with Crippen LogP contribution in [0.25, 0.3) is 0 Å². The molecular weight excluding hydrogens is 446 g/mol. The van der Waals surface area contributed by atoms with E-state index in [-0.39, 0.29) is 0 Å². The van der Waals surface area contributed by atoms with E-state index in [1.54, 1.807) is 30.3 Å². The minimum Gasteiger partial charge on any atom is -0.452 e. The maximum Gasteiger partial charge on any atom is 0.339 e. The van der Waals surface area contributed by atoms with Gasteiger partial charge in [0.1, 0.15) is 6.07 Å². The van der Waals surface area contributed by atoms with E-state index in [9.17, 15) is 14.9 Å². The smallest absolute Gasteiger partial charge is 0.339 e. The first kappa shape index (κ1) is 24.9. The van der Waals surface area contributed by atoms with Gasteiger partial charge >= 0.3 is 5.97 Å². The minimum atomic E-state index is -0.599. The lowest BCUT2D eigenvalue weighted by atomic mass is 10.2. The van der Waals surface area contributed by atoms with Crippen LogP contribution in [-0.2, 0) is 9.53 Å². The number of hydrogen-bond donors (Lipinski definition) is 1. The second kappa shape index (κ2) is 11.9. The zero-order valence-electron chi connectivity index (χ0n) is 19.4. The Morgan fingerprint density at radius 3 is 2.29 bits per heavy atom. The number of carbonyl (C=O) groups is 2. The van der Waals surface area contributed by atoms with Crippen LogP contribution < -0.4 is 10.2 Å². The maximum atomic E-state index is 12.7. The molecule has 0 aliphatic carbocycles. The van der Waals surface area contributed by atoms with Gasteiger partial charge in [0, 0.05) is 33.8 Å². The van der Waals surface area contributed by atoms with Crippen LogP contribution in [0.5, 0.6) is 0 Å². The molecular formula is C27H27N3O3S. The highest BCUT2D eigenvalue weighted by atomic mass is 32.2. The van der Waals surface area contributed by atoms with Crippen molar-refractivity contribution >= 4 is 35.0 Å². The van der Waals surface area contributed by atoms with E-state index in [1.807, 2.05) is 42.5 Å². The van der Waals surface area contributed by atoms with Crippen LogP contribution in [0.4, 0.5) is 11.4 Å². The Bertz CT molecular complexity index is 1190. The normalized spacial score (nSPS) is 10.4. The van der Waals surface area contributed by atoms with Gasteiger partial charge in [0.25, 0.3) is 5.91 Å². The van der Waals surface area contributed by atoms with Crippen LogP contribution in [0.3, 0.4) is 0 Å². The Balaban J connectivity index is 1.61. The lowest BCUT2D eigenvalue weighted by Gasteiger charge is -2.27. The Morgan fingerprint density at radius 2 is 1.65 bits per heavy atom. The van der Waals surface area contributed by atoms with E-state index < -0.39 is 18.5 Å². The van der Waals surface area contributed by atoms with Crippen molar-refractivity contribution in [3.05, 3.63) is 83.9 Å². The summed E-state index contributed by atoms with van der Waals surface area (Å²) in [6.07, 6.45) is 0. The van der Waals surface area contributed by atoms with Crippen molar-refractivity contribution in [2.45, 2.75) is 36.6 Å². The number of esters is 1. The topological polar surface area (TPSA) is 82.4 Å². The SMILES string of the molecule is CCN(c1ccc(NC(=O)COC(=O)c2ccccc2Sc2ccccc2C#N)cc1)C(C)C. The molecule has 0 aliphatic rings. The zero-order chi connectivity index (χ0) is 24.5. The van der Waals surface area contributed by atoms with Gasteiger partial charge in [-0.3, -0.25) is 4.79 Å². The lowest BCUT2D eigenvalue weighted by molar-refractivity contribution is -0.119. The Labute approximate surface area is 204 Å². The fraction of sp³-hybridized carbons (Fsp3) is 0.222. The van der Waals surface area contributed by atoms with Crippen molar-refractivity contribution in [2.24, 2.45) is 0 Å². The molecule has 0 atom stereocenters. The van der Waals surface area contributed by atoms with E-state index >= 15 is 0 Å². The monoisotopic (exact) mass is 473 g/mol. The summed E-state index contributed by atoms with van der Waals surface area (Å²) in [6.45, 7) is 6.85. The summed E-state index contributed by atoms with van der Waals surface area (Å²) in [5, 5.41) is 12.1. The van der Waals surface area contributed by atoms with Crippen LogP contribution in [0.2, 0.25) is 0 Å².